The number of aryl methyl sites for hydroxylation is 2. The summed E-state index contributed by atoms with van der Waals surface area (Å²) in [6.45, 7) is 4.58. The quantitative estimate of drug-likeness (QED) is 0.548. The number of carbonyl (C=O) groups excluding carboxylic acids is 1. The highest BCUT2D eigenvalue weighted by Gasteiger charge is 2.35. The Hall–Kier alpha value is -3.17. The number of nitrogens with one attached hydrogen (secondary N) is 1. The molecule has 0 unspecified atom stereocenters. The molecule has 0 radical (unpaired) electrons. The highest BCUT2D eigenvalue weighted by molar-refractivity contribution is 7.89. The van der Waals surface area contributed by atoms with E-state index in [2.05, 4.69) is 27.5 Å². The molecule has 3 aromatic rings. The Morgan fingerprint density at radius 2 is 1.74 bits per heavy atom. The van der Waals surface area contributed by atoms with Crippen LogP contribution in [0.5, 0.6) is 0 Å². The van der Waals surface area contributed by atoms with Gasteiger partial charge in [0.25, 0.3) is 0 Å². The molecular formula is C25H30N4O4S. The van der Waals surface area contributed by atoms with Crippen molar-refractivity contribution in [3.8, 4) is 0 Å². The fourth-order valence-corrected chi connectivity index (χ4v) is 6.08. The molecular weight excluding hydrogens is 452 g/mol. The van der Waals surface area contributed by atoms with Gasteiger partial charge in [0, 0.05) is 44.0 Å². The number of anilines is 2. The van der Waals surface area contributed by atoms with E-state index in [4.69, 9.17) is 4.52 Å². The first-order valence-corrected chi connectivity index (χ1v) is 12.8. The zero-order valence-corrected chi connectivity index (χ0v) is 20.5. The summed E-state index contributed by atoms with van der Waals surface area (Å²) >= 11 is 0. The molecule has 1 fully saturated rings. The highest BCUT2D eigenvalue weighted by atomic mass is 32.2. The summed E-state index contributed by atoms with van der Waals surface area (Å²) in [4.78, 5) is 15.1. The Balaban J connectivity index is 1.32. The van der Waals surface area contributed by atoms with E-state index in [9.17, 15) is 13.2 Å². The number of rotatable bonds is 7. The number of benzene rings is 2. The van der Waals surface area contributed by atoms with E-state index in [0.717, 1.165) is 17.9 Å². The molecule has 9 heteroatoms. The molecule has 0 atom stereocenters. The molecule has 1 aliphatic heterocycles. The summed E-state index contributed by atoms with van der Waals surface area (Å²) < 4.78 is 32.4. The van der Waals surface area contributed by atoms with Gasteiger partial charge in [-0.15, -0.1) is 0 Å². The van der Waals surface area contributed by atoms with Gasteiger partial charge in [-0.1, -0.05) is 35.5 Å². The minimum absolute atomic E-state index is 0.0835. The summed E-state index contributed by atoms with van der Waals surface area (Å²) in [5, 5.41) is 6.73. The van der Waals surface area contributed by atoms with Crippen LogP contribution in [0.2, 0.25) is 0 Å². The van der Waals surface area contributed by atoms with Crippen molar-refractivity contribution < 1.29 is 17.7 Å². The van der Waals surface area contributed by atoms with Crippen molar-refractivity contribution in [2.24, 2.45) is 5.92 Å². The van der Waals surface area contributed by atoms with Gasteiger partial charge in [-0.3, -0.25) is 4.79 Å². The fourth-order valence-electron chi connectivity index (χ4n) is 4.32. The first-order chi connectivity index (χ1) is 16.3. The van der Waals surface area contributed by atoms with E-state index in [1.807, 2.05) is 49.5 Å². The van der Waals surface area contributed by atoms with E-state index in [-0.39, 0.29) is 35.6 Å². The van der Waals surface area contributed by atoms with Crippen molar-refractivity contribution in [2.45, 2.75) is 38.1 Å². The molecule has 180 valence electrons. The van der Waals surface area contributed by atoms with Crippen LogP contribution in [-0.4, -0.2) is 43.9 Å². The number of aromatic nitrogens is 1. The summed E-state index contributed by atoms with van der Waals surface area (Å²) in [5.41, 5.74) is 3.37. The third kappa shape index (κ3) is 5.15. The lowest BCUT2D eigenvalue weighted by Gasteiger charge is -2.30. The molecule has 0 aliphatic carbocycles. The second-order valence-electron chi connectivity index (χ2n) is 8.71. The maximum absolute atomic E-state index is 13.0. The Morgan fingerprint density at radius 1 is 1.09 bits per heavy atom. The van der Waals surface area contributed by atoms with Gasteiger partial charge in [-0.05, 0) is 56.5 Å². The lowest BCUT2D eigenvalue weighted by Crippen LogP contribution is -2.41. The zero-order chi connectivity index (χ0) is 24.3. The van der Waals surface area contributed by atoms with E-state index < -0.39 is 10.0 Å². The number of sulfonamides is 1. The van der Waals surface area contributed by atoms with Gasteiger partial charge in [-0.25, -0.2) is 8.42 Å². The first kappa shape index (κ1) is 24.0. The van der Waals surface area contributed by atoms with Crippen LogP contribution in [0.3, 0.4) is 0 Å². The highest BCUT2D eigenvalue weighted by Crippen LogP contribution is 2.28. The second kappa shape index (κ2) is 9.99. The van der Waals surface area contributed by atoms with Crippen molar-refractivity contribution in [1.82, 2.24) is 9.46 Å². The molecule has 1 aliphatic rings. The van der Waals surface area contributed by atoms with E-state index in [0.29, 0.717) is 18.5 Å². The Morgan fingerprint density at radius 3 is 2.32 bits per heavy atom. The van der Waals surface area contributed by atoms with Crippen molar-refractivity contribution in [3.05, 3.63) is 71.6 Å². The van der Waals surface area contributed by atoms with Gasteiger partial charge in [0.15, 0.2) is 5.76 Å². The number of piperidine rings is 1. The number of amides is 1. The van der Waals surface area contributed by atoms with Crippen molar-refractivity contribution in [1.29, 1.82) is 0 Å². The van der Waals surface area contributed by atoms with E-state index >= 15 is 0 Å². The van der Waals surface area contributed by atoms with Crippen LogP contribution in [0.25, 0.3) is 0 Å². The lowest BCUT2D eigenvalue weighted by atomic mass is 9.97. The molecule has 4 rings (SSSR count). The maximum atomic E-state index is 13.0. The van der Waals surface area contributed by atoms with Crippen molar-refractivity contribution in [3.63, 3.8) is 0 Å². The van der Waals surface area contributed by atoms with Crippen LogP contribution >= 0.6 is 0 Å². The van der Waals surface area contributed by atoms with Gasteiger partial charge in [-0.2, -0.15) is 4.31 Å². The standard InChI is InChI=1S/C25H30N4O4S/c1-18-24(19(2)33-27-18)34(31,32)29-15-13-21(14-16-29)25(30)26-22-9-11-23(12-10-22)28(3)17-20-7-5-4-6-8-20/h4-12,21H,13-17H2,1-3H3,(H,26,30). The average Bonchev–Trinajstić information content (AvgIpc) is 3.18. The largest absolute Gasteiger partial charge is 0.370 e. The third-order valence-corrected chi connectivity index (χ3v) is 8.37. The van der Waals surface area contributed by atoms with Gasteiger partial charge >= 0.3 is 0 Å². The Kier molecular flexibility index (Phi) is 7.04. The molecule has 0 saturated carbocycles. The summed E-state index contributed by atoms with van der Waals surface area (Å²) in [7, 11) is -1.65. The fraction of sp³-hybridized carbons (Fsp3) is 0.360. The molecule has 0 spiro atoms. The summed E-state index contributed by atoms with van der Waals surface area (Å²) in [6, 6.07) is 18.0. The smallest absolute Gasteiger partial charge is 0.248 e. The number of nitrogens with zero attached hydrogens (tertiary/aromatic N) is 3. The monoisotopic (exact) mass is 482 g/mol. The van der Waals surface area contributed by atoms with Gasteiger partial charge in [0.2, 0.25) is 15.9 Å². The minimum Gasteiger partial charge on any atom is -0.370 e. The van der Waals surface area contributed by atoms with Crippen LogP contribution in [0.4, 0.5) is 11.4 Å². The molecule has 2 aromatic carbocycles. The SMILES string of the molecule is Cc1noc(C)c1S(=O)(=O)N1CCC(C(=O)Nc2ccc(N(C)Cc3ccccc3)cc2)CC1. The minimum atomic E-state index is -3.68. The van der Waals surface area contributed by atoms with Crippen LogP contribution in [-0.2, 0) is 21.4 Å². The molecule has 8 nitrogen and oxygen atoms in total. The topological polar surface area (TPSA) is 95.8 Å². The molecule has 2 heterocycles. The Bertz CT molecular complexity index is 1210. The van der Waals surface area contributed by atoms with Crippen LogP contribution in [0, 0.1) is 19.8 Å². The molecule has 1 N–H and O–H groups in total. The number of hydrogen-bond acceptors (Lipinski definition) is 6. The molecule has 0 bridgehead atoms. The van der Waals surface area contributed by atoms with Gasteiger partial charge in [0.05, 0.1) is 0 Å². The van der Waals surface area contributed by atoms with Gasteiger partial charge < -0.3 is 14.7 Å². The molecule has 1 amide bonds. The van der Waals surface area contributed by atoms with Crippen LogP contribution in [0.15, 0.2) is 64.0 Å². The number of carbonyl (C=O) groups is 1. The molecule has 1 saturated heterocycles. The summed E-state index contributed by atoms with van der Waals surface area (Å²) in [5.74, 6) is -0.0356. The van der Waals surface area contributed by atoms with Crippen molar-refractivity contribution in [2.75, 3.05) is 30.4 Å². The average molecular weight is 483 g/mol. The van der Waals surface area contributed by atoms with Crippen LogP contribution < -0.4 is 10.2 Å². The predicted octanol–water partition coefficient (Wildman–Crippen LogP) is 3.97. The third-order valence-electron chi connectivity index (χ3n) is 6.23. The van der Waals surface area contributed by atoms with Gasteiger partial charge in [0.1, 0.15) is 10.6 Å². The van der Waals surface area contributed by atoms with E-state index in [1.54, 1.807) is 13.8 Å². The predicted molar refractivity (Wildman–Crippen MR) is 131 cm³/mol. The van der Waals surface area contributed by atoms with Crippen LogP contribution in [0.1, 0.15) is 29.9 Å². The second-order valence-corrected chi connectivity index (χ2v) is 10.6. The zero-order valence-electron chi connectivity index (χ0n) is 19.7. The van der Waals surface area contributed by atoms with E-state index in [1.165, 1.54) is 9.87 Å². The Labute approximate surface area is 200 Å². The molecule has 1 aromatic heterocycles. The molecule has 34 heavy (non-hydrogen) atoms. The number of hydrogen-bond donors (Lipinski definition) is 1. The van der Waals surface area contributed by atoms with Crippen molar-refractivity contribution >= 4 is 27.3 Å². The maximum Gasteiger partial charge on any atom is 0.248 e. The first-order valence-electron chi connectivity index (χ1n) is 11.3. The normalized spacial score (nSPS) is 15.3. The lowest BCUT2D eigenvalue weighted by molar-refractivity contribution is -0.120. The summed E-state index contributed by atoms with van der Waals surface area (Å²) in [6.07, 6.45) is 0.929.